The van der Waals surface area contributed by atoms with Crippen molar-refractivity contribution in [1.29, 1.82) is 0 Å². The predicted molar refractivity (Wildman–Crippen MR) is 56.3 cm³/mol. The van der Waals surface area contributed by atoms with Gasteiger partial charge in [-0.3, -0.25) is 4.98 Å². The molecule has 6 nitrogen and oxygen atoms in total. The largest absolute Gasteiger partial charge is 0.382 e. The quantitative estimate of drug-likeness (QED) is 0.778. The number of aromatic nitrogens is 3. The minimum absolute atomic E-state index is 0.0445. The third-order valence-electron chi connectivity index (χ3n) is 2.17. The van der Waals surface area contributed by atoms with Crippen LogP contribution in [0.5, 0.6) is 0 Å². The third-order valence-corrected chi connectivity index (χ3v) is 2.17. The Morgan fingerprint density at radius 2 is 2.38 bits per heavy atom. The maximum absolute atomic E-state index is 9.42. The zero-order chi connectivity index (χ0) is 11.5. The molecule has 0 unspecified atom stereocenters. The molecule has 0 fully saturated rings. The van der Waals surface area contributed by atoms with Crippen LogP contribution in [0.15, 0.2) is 22.9 Å². The molecule has 0 aliphatic heterocycles. The molecule has 0 saturated heterocycles. The molecule has 0 aromatic carbocycles. The summed E-state index contributed by atoms with van der Waals surface area (Å²) in [4.78, 5) is 8.19. The average molecular weight is 220 g/mol. The molecular weight excluding hydrogens is 208 g/mol. The van der Waals surface area contributed by atoms with E-state index in [-0.39, 0.29) is 12.4 Å². The van der Waals surface area contributed by atoms with Crippen LogP contribution in [0.25, 0.3) is 11.5 Å². The Morgan fingerprint density at radius 3 is 3.06 bits per heavy atom. The molecule has 0 bridgehead atoms. The lowest BCUT2D eigenvalue weighted by molar-refractivity contribution is 0.141. The molecule has 0 saturated carbocycles. The van der Waals surface area contributed by atoms with E-state index in [0.717, 1.165) is 5.56 Å². The van der Waals surface area contributed by atoms with Crippen LogP contribution >= 0.6 is 0 Å². The number of nitrogens with two attached hydrogens (primary N) is 1. The highest BCUT2D eigenvalue weighted by molar-refractivity contribution is 5.53. The second kappa shape index (κ2) is 4.38. The number of hydrogen-bond donors (Lipinski definition) is 2. The summed E-state index contributed by atoms with van der Waals surface area (Å²) in [7, 11) is 0. The van der Waals surface area contributed by atoms with Crippen LogP contribution in [0.4, 0.5) is 0 Å². The number of aryl methyl sites for hydroxylation is 1. The first-order valence-corrected chi connectivity index (χ1v) is 4.86. The van der Waals surface area contributed by atoms with Gasteiger partial charge in [0, 0.05) is 12.7 Å². The molecular formula is C10H12N4O2. The van der Waals surface area contributed by atoms with E-state index in [1.54, 1.807) is 6.20 Å². The number of pyridine rings is 1. The molecule has 0 radical (unpaired) electrons. The Bertz CT molecular complexity index is 483. The summed E-state index contributed by atoms with van der Waals surface area (Å²) in [6, 6.07) is 3.73. The smallest absolute Gasteiger partial charge is 0.257 e. The zero-order valence-corrected chi connectivity index (χ0v) is 8.79. The van der Waals surface area contributed by atoms with Crippen LogP contribution in [-0.2, 0) is 0 Å². The van der Waals surface area contributed by atoms with E-state index in [1.807, 2.05) is 19.1 Å². The monoisotopic (exact) mass is 220 g/mol. The van der Waals surface area contributed by atoms with Crippen LogP contribution in [0.2, 0.25) is 0 Å². The molecule has 3 N–H and O–H groups in total. The maximum atomic E-state index is 9.42. The van der Waals surface area contributed by atoms with Crippen molar-refractivity contribution >= 4 is 0 Å². The summed E-state index contributed by atoms with van der Waals surface area (Å²) in [5.41, 5.74) is 6.87. The number of nitrogens with zero attached hydrogens (tertiary/aromatic N) is 3. The Morgan fingerprint density at radius 1 is 1.56 bits per heavy atom. The van der Waals surface area contributed by atoms with Crippen LogP contribution in [-0.4, -0.2) is 26.8 Å². The fourth-order valence-electron chi connectivity index (χ4n) is 1.29. The van der Waals surface area contributed by atoms with Gasteiger partial charge in [-0.25, -0.2) is 0 Å². The average Bonchev–Trinajstić information content (AvgIpc) is 2.78. The lowest BCUT2D eigenvalue weighted by Gasteiger charge is -1.99. The molecule has 2 heterocycles. The minimum Gasteiger partial charge on any atom is -0.382 e. The van der Waals surface area contributed by atoms with Crippen molar-refractivity contribution in [1.82, 2.24) is 15.1 Å². The van der Waals surface area contributed by atoms with Crippen LogP contribution < -0.4 is 5.73 Å². The van der Waals surface area contributed by atoms with Crippen molar-refractivity contribution in [2.24, 2.45) is 5.73 Å². The second-order valence-corrected chi connectivity index (χ2v) is 3.38. The normalized spacial score (nSPS) is 12.7. The van der Waals surface area contributed by atoms with Crippen molar-refractivity contribution < 1.29 is 9.63 Å². The molecule has 2 aromatic heterocycles. The molecule has 16 heavy (non-hydrogen) atoms. The Balaban J connectivity index is 2.35. The van der Waals surface area contributed by atoms with E-state index >= 15 is 0 Å². The van der Waals surface area contributed by atoms with Gasteiger partial charge in [-0.1, -0.05) is 11.2 Å². The second-order valence-electron chi connectivity index (χ2n) is 3.38. The van der Waals surface area contributed by atoms with Gasteiger partial charge in [0.05, 0.1) is 0 Å². The van der Waals surface area contributed by atoms with Gasteiger partial charge < -0.3 is 15.4 Å². The summed E-state index contributed by atoms with van der Waals surface area (Å²) >= 11 is 0. The summed E-state index contributed by atoms with van der Waals surface area (Å²) in [6.07, 6.45) is 0.725. The SMILES string of the molecule is Cc1cccnc1-c1noc([C@@H](O)CN)n1. The van der Waals surface area contributed by atoms with Gasteiger partial charge in [0.15, 0.2) is 0 Å². The molecule has 1 atom stereocenters. The molecule has 0 spiro atoms. The van der Waals surface area contributed by atoms with Gasteiger partial charge in [0.2, 0.25) is 5.82 Å². The van der Waals surface area contributed by atoms with Crippen LogP contribution in [0.1, 0.15) is 17.6 Å². The lowest BCUT2D eigenvalue weighted by atomic mass is 10.2. The molecule has 0 aliphatic rings. The number of rotatable bonds is 3. The molecule has 0 aliphatic carbocycles. The number of hydrogen-bond acceptors (Lipinski definition) is 6. The van der Waals surface area contributed by atoms with E-state index in [4.69, 9.17) is 10.3 Å². The fraction of sp³-hybridized carbons (Fsp3) is 0.300. The van der Waals surface area contributed by atoms with Crippen molar-refractivity contribution in [2.45, 2.75) is 13.0 Å². The lowest BCUT2D eigenvalue weighted by Crippen LogP contribution is -2.11. The van der Waals surface area contributed by atoms with Crippen LogP contribution in [0.3, 0.4) is 0 Å². The summed E-state index contributed by atoms with van der Waals surface area (Å²) < 4.78 is 4.90. The highest BCUT2D eigenvalue weighted by Crippen LogP contribution is 2.18. The van der Waals surface area contributed by atoms with Crippen molar-refractivity contribution in [2.75, 3.05) is 6.54 Å². The van der Waals surface area contributed by atoms with Gasteiger partial charge in [0.25, 0.3) is 5.89 Å². The van der Waals surface area contributed by atoms with Gasteiger partial charge >= 0.3 is 0 Å². The fourth-order valence-corrected chi connectivity index (χ4v) is 1.29. The summed E-state index contributed by atoms with van der Waals surface area (Å²) in [5, 5.41) is 13.2. The topological polar surface area (TPSA) is 98.1 Å². The number of aliphatic hydroxyl groups is 1. The van der Waals surface area contributed by atoms with Crippen molar-refractivity contribution in [3.05, 3.63) is 29.8 Å². The van der Waals surface area contributed by atoms with E-state index in [2.05, 4.69) is 15.1 Å². The first kappa shape index (κ1) is 10.7. The van der Waals surface area contributed by atoms with E-state index < -0.39 is 6.10 Å². The number of aliphatic hydroxyl groups excluding tert-OH is 1. The van der Waals surface area contributed by atoms with Gasteiger partial charge in [-0.15, -0.1) is 0 Å². The molecule has 0 amide bonds. The molecule has 2 rings (SSSR count). The van der Waals surface area contributed by atoms with Gasteiger partial charge in [-0.2, -0.15) is 4.98 Å². The van der Waals surface area contributed by atoms with E-state index in [9.17, 15) is 5.11 Å². The highest BCUT2D eigenvalue weighted by Gasteiger charge is 2.16. The maximum Gasteiger partial charge on any atom is 0.257 e. The predicted octanol–water partition coefficient (Wildman–Crippen LogP) is 0.432. The summed E-state index contributed by atoms with van der Waals surface area (Å²) in [5.74, 6) is 0.475. The third kappa shape index (κ3) is 1.93. The molecule has 84 valence electrons. The zero-order valence-electron chi connectivity index (χ0n) is 8.79. The first-order chi connectivity index (χ1) is 7.72. The van der Waals surface area contributed by atoms with E-state index in [1.165, 1.54) is 0 Å². The van der Waals surface area contributed by atoms with Gasteiger partial charge in [-0.05, 0) is 18.6 Å². The van der Waals surface area contributed by atoms with Crippen LogP contribution in [0, 0.1) is 6.92 Å². The van der Waals surface area contributed by atoms with Crippen molar-refractivity contribution in [3.8, 4) is 11.5 Å². The highest BCUT2D eigenvalue weighted by atomic mass is 16.5. The Hall–Kier alpha value is -1.79. The summed E-state index contributed by atoms with van der Waals surface area (Å²) in [6.45, 7) is 1.95. The van der Waals surface area contributed by atoms with E-state index in [0.29, 0.717) is 11.5 Å². The molecule has 6 heteroatoms. The van der Waals surface area contributed by atoms with Crippen molar-refractivity contribution in [3.63, 3.8) is 0 Å². The molecule has 2 aromatic rings. The Kier molecular flexibility index (Phi) is 2.93. The minimum atomic E-state index is -0.926. The van der Waals surface area contributed by atoms with Gasteiger partial charge in [0.1, 0.15) is 11.8 Å². The Labute approximate surface area is 92.1 Å². The first-order valence-electron chi connectivity index (χ1n) is 4.86. The standard InChI is InChI=1S/C10H12N4O2/c1-6-3-2-4-12-8(6)9-13-10(16-14-9)7(15)5-11/h2-4,7,15H,5,11H2,1H3/t7-/m0/s1.